The molecule has 0 saturated carbocycles. The van der Waals surface area contributed by atoms with Crippen LogP contribution in [0.5, 0.6) is 0 Å². The summed E-state index contributed by atoms with van der Waals surface area (Å²) in [7, 11) is 0. The van der Waals surface area contributed by atoms with E-state index in [1.807, 2.05) is 6.92 Å². The summed E-state index contributed by atoms with van der Waals surface area (Å²) in [6.45, 7) is 4.31. The Labute approximate surface area is 89.7 Å². The van der Waals surface area contributed by atoms with E-state index >= 15 is 0 Å². The molecule has 1 aliphatic rings. The first-order valence-corrected chi connectivity index (χ1v) is 4.69. The molecule has 1 N–H and O–H groups in total. The summed E-state index contributed by atoms with van der Waals surface area (Å²) in [4.78, 5) is 12.5. The van der Waals surface area contributed by atoms with Gasteiger partial charge in [-0.3, -0.25) is 4.79 Å². The van der Waals surface area contributed by atoms with Crippen molar-refractivity contribution in [2.24, 2.45) is 0 Å². The monoisotopic (exact) mass is 225 g/mol. The van der Waals surface area contributed by atoms with Crippen molar-refractivity contribution < 1.29 is 14.3 Å². The fourth-order valence-electron chi connectivity index (χ4n) is 1.72. The predicted molar refractivity (Wildman–Crippen MR) is 54.7 cm³/mol. The Balaban J connectivity index is 0.00000169. The van der Waals surface area contributed by atoms with Gasteiger partial charge >= 0.3 is 5.97 Å². The Morgan fingerprint density at radius 2 is 2.00 bits per heavy atom. The van der Waals surface area contributed by atoms with Crippen molar-refractivity contribution in [2.45, 2.75) is 31.9 Å². The molecule has 14 heavy (non-hydrogen) atoms. The van der Waals surface area contributed by atoms with Crippen molar-refractivity contribution in [2.75, 3.05) is 19.6 Å². The normalized spacial score (nSPS) is 21.3. The molecule has 0 aromatic heterocycles. The molecular formula is C9H17ClFNO2. The van der Waals surface area contributed by atoms with Crippen molar-refractivity contribution in [3.8, 4) is 0 Å². The van der Waals surface area contributed by atoms with Gasteiger partial charge in [-0.15, -0.1) is 12.4 Å². The van der Waals surface area contributed by atoms with Gasteiger partial charge in [0.25, 0.3) is 0 Å². The molecule has 1 fully saturated rings. The summed E-state index contributed by atoms with van der Waals surface area (Å²) < 4.78 is 13.7. The maximum absolute atomic E-state index is 13.7. The highest BCUT2D eigenvalue weighted by Crippen LogP contribution is 2.29. The molecule has 84 valence electrons. The number of rotatable bonds is 3. The van der Waals surface area contributed by atoms with Gasteiger partial charge in [0.15, 0.2) is 0 Å². The van der Waals surface area contributed by atoms with Crippen LogP contribution in [0.25, 0.3) is 0 Å². The van der Waals surface area contributed by atoms with E-state index in [1.165, 1.54) is 0 Å². The van der Waals surface area contributed by atoms with E-state index < -0.39 is 11.6 Å². The Morgan fingerprint density at radius 3 is 2.36 bits per heavy atom. The third kappa shape index (κ3) is 3.80. The molecule has 0 bridgehead atoms. The Kier molecular flexibility index (Phi) is 5.37. The fourth-order valence-corrected chi connectivity index (χ4v) is 1.72. The highest BCUT2D eigenvalue weighted by atomic mass is 35.5. The van der Waals surface area contributed by atoms with Crippen LogP contribution in [0.4, 0.5) is 4.39 Å². The number of nitrogens with zero attached hydrogens (tertiary/aromatic N) is 1. The maximum Gasteiger partial charge on any atom is 0.306 e. The molecule has 0 radical (unpaired) electrons. The molecule has 3 nitrogen and oxygen atoms in total. The third-order valence-corrected chi connectivity index (χ3v) is 2.67. The predicted octanol–water partition coefficient (Wildman–Crippen LogP) is 1.71. The SMILES string of the molecule is CCN1CCC(F)(CC(=O)O)CC1.Cl. The lowest BCUT2D eigenvalue weighted by Crippen LogP contribution is -2.42. The molecule has 1 rings (SSSR count). The minimum Gasteiger partial charge on any atom is -0.481 e. The lowest BCUT2D eigenvalue weighted by Gasteiger charge is -2.34. The number of carboxylic acids is 1. The molecule has 0 aromatic rings. The minimum atomic E-state index is -1.46. The van der Waals surface area contributed by atoms with E-state index in [9.17, 15) is 9.18 Å². The van der Waals surface area contributed by atoms with Crippen molar-refractivity contribution in [1.29, 1.82) is 0 Å². The molecule has 0 aliphatic carbocycles. The van der Waals surface area contributed by atoms with E-state index in [0.29, 0.717) is 25.9 Å². The number of aliphatic carboxylic acids is 1. The van der Waals surface area contributed by atoms with Crippen molar-refractivity contribution in [3.05, 3.63) is 0 Å². The zero-order valence-electron chi connectivity index (χ0n) is 8.33. The second kappa shape index (κ2) is 5.51. The van der Waals surface area contributed by atoms with E-state index in [1.54, 1.807) is 0 Å². The van der Waals surface area contributed by atoms with Gasteiger partial charge < -0.3 is 10.0 Å². The van der Waals surface area contributed by atoms with E-state index in [0.717, 1.165) is 6.54 Å². The van der Waals surface area contributed by atoms with Crippen LogP contribution < -0.4 is 0 Å². The van der Waals surface area contributed by atoms with E-state index in [4.69, 9.17) is 5.11 Å². The first-order valence-electron chi connectivity index (χ1n) is 4.69. The van der Waals surface area contributed by atoms with Crippen LogP contribution in [-0.4, -0.2) is 41.3 Å². The highest BCUT2D eigenvalue weighted by molar-refractivity contribution is 5.85. The molecule has 5 heteroatoms. The van der Waals surface area contributed by atoms with Crippen LogP contribution >= 0.6 is 12.4 Å². The number of alkyl halides is 1. The summed E-state index contributed by atoms with van der Waals surface area (Å²) in [5.74, 6) is -1.03. The molecule has 0 spiro atoms. The van der Waals surface area contributed by atoms with Gasteiger partial charge in [0.05, 0.1) is 6.42 Å². The van der Waals surface area contributed by atoms with Crippen LogP contribution in [0.15, 0.2) is 0 Å². The Hall–Kier alpha value is -0.350. The number of carbonyl (C=O) groups is 1. The molecule has 1 aliphatic heterocycles. The molecule has 1 heterocycles. The van der Waals surface area contributed by atoms with Gasteiger partial charge in [-0.25, -0.2) is 4.39 Å². The topological polar surface area (TPSA) is 40.5 Å². The second-order valence-electron chi connectivity index (χ2n) is 3.66. The quantitative estimate of drug-likeness (QED) is 0.795. The lowest BCUT2D eigenvalue weighted by molar-refractivity contribution is -0.141. The minimum absolute atomic E-state index is 0. The average molecular weight is 226 g/mol. The lowest BCUT2D eigenvalue weighted by atomic mass is 9.90. The van der Waals surface area contributed by atoms with Gasteiger partial charge in [-0.1, -0.05) is 6.92 Å². The molecule has 0 unspecified atom stereocenters. The van der Waals surface area contributed by atoms with Gasteiger partial charge in [-0.05, 0) is 19.4 Å². The number of piperidine rings is 1. The maximum atomic E-state index is 13.7. The molecule has 0 atom stereocenters. The molecule has 0 aromatic carbocycles. The van der Waals surface area contributed by atoms with Crippen molar-refractivity contribution >= 4 is 18.4 Å². The van der Waals surface area contributed by atoms with Gasteiger partial charge in [0.2, 0.25) is 0 Å². The number of likely N-dealkylation sites (tertiary alicyclic amines) is 1. The van der Waals surface area contributed by atoms with Crippen LogP contribution in [-0.2, 0) is 4.79 Å². The Bertz CT molecular complexity index is 193. The smallest absolute Gasteiger partial charge is 0.306 e. The number of hydrogen-bond acceptors (Lipinski definition) is 2. The largest absolute Gasteiger partial charge is 0.481 e. The fraction of sp³-hybridized carbons (Fsp3) is 0.889. The van der Waals surface area contributed by atoms with Crippen LogP contribution in [0, 0.1) is 0 Å². The summed E-state index contributed by atoms with van der Waals surface area (Å²) >= 11 is 0. The Morgan fingerprint density at radius 1 is 1.50 bits per heavy atom. The summed E-state index contributed by atoms with van der Waals surface area (Å²) in [5, 5.41) is 8.50. The van der Waals surface area contributed by atoms with Crippen LogP contribution in [0.1, 0.15) is 26.2 Å². The van der Waals surface area contributed by atoms with E-state index in [-0.39, 0.29) is 18.8 Å². The summed E-state index contributed by atoms with van der Waals surface area (Å²) in [5.41, 5.74) is -1.46. The number of carboxylic acid groups (broad SMARTS) is 1. The van der Waals surface area contributed by atoms with Gasteiger partial charge in [0.1, 0.15) is 5.67 Å². The number of hydrogen-bond donors (Lipinski definition) is 1. The first kappa shape index (κ1) is 13.7. The standard InChI is InChI=1S/C9H16FNO2.ClH/c1-2-11-5-3-9(10,4-6-11)7-8(12)13;/h2-7H2,1H3,(H,12,13);1H. The highest BCUT2D eigenvalue weighted by Gasteiger charge is 2.36. The van der Waals surface area contributed by atoms with Crippen molar-refractivity contribution in [3.63, 3.8) is 0 Å². The molecular weight excluding hydrogens is 209 g/mol. The number of halogens is 2. The van der Waals surface area contributed by atoms with E-state index in [2.05, 4.69) is 4.90 Å². The molecule has 0 amide bonds. The third-order valence-electron chi connectivity index (χ3n) is 2.67. The first-order chi connectivity index (χ1) is 6.06. The van der Waals surface area contributed by atoms with Crippen LogP contribution in [0.3, 0.4) is 0 Å². The second-order valence-corrected chi connectivity index (χ2v) is 3.66. The van der Waals surface area contributed by atoms with Crippen molar-refractivity contribution in [1.82, 2.24) is 4.90 Å². The van der Waals surface area contributed by atoms with Gasteiger partial charge in [-0.2, -0.15) is 0 Å². The molecule has 1 saturated heterocycles. The summed E-state index contributed by atoms with van der Waals surface area (Å²) in [6, 6.07) is 0. The zero-order valence-corrected chi connectivity index (χ0v) is 9.15. The van der Waals surface area contributed by atoms with Crippen LogP contribution in [0.2, 0.25) is 0 Å². The average Bonchev–Trinajstić information content (AvgIpc) is 2.04. The zero-order chi connectivity index (χ0) is 9.90. The summed E-state index contributed by atoms with van der Waals surface area (Å²) in [6.07, 6.45) is 0.366. The van der Waals surface area contributed by atoms with Gasteiger partial charge in [0, 0.05) is 13.1 Å².